The quantitative estimate of drug-likeness (QED) is 0.859. The molecular weight excluding hydrogens is 320 g/mol. The molecule has 0 aliphatic heterocycles. The van der Waals surface area contributed by atoms with Crippen LogP contribution in [0.1, 0.15) is 11.5 Å². The molecule has 0 radical (unpaired) electrons. The first kappa shape index (κ1) is 14.0. The van der Waals surface area contributed by atoms with E-state index < -0.39 is 20.5 Å². The molecule has 0 amide bonds. The van der Waals surface area contributed by atoms with Crippen LogP contribution in [0, 0.1) is 5.41 Å². The van der Waals surface area contributed by atoms with Gasteiger partial charge in [0.2, 0.25) is 0 Å². The van der Waals surface area contributed by atoms with Crippen LogP contribution >= 0.6 is 15.9 Å². The summed E-state index contributed by atoms with van der Waals surface area (Å²) in [5, 5.41) is 18.2. The second kappa shape index (κ2) is 4.59. The fourth-order valence-electron chi connectivity index (χ4n) is 2.73. The molecule has 2 rings (SSSR count). The second-order valence-electron chi connectivity index (χ2n) is 4.83. The second-order valence-corrected chi connectivity index (χ2v) is 7.91. The molecule has 1 saturated carbocycles. The summed E-state index contributed by atoms with van der Waals surface area (Å²) < 4.78 is 24.4. The molecule has 1 aromatic carbocycles. The molecule has 1 aliphatic carbocycles. The van der Waals surface area contributed by atoms with Crippen molar-refractivity contribution in [2.75, 3.05) is 19.5 Å². The lowest BCUT2D eigenvalue weighted by Crippen LogP contribution is -2.22. The standard InChI is InChI=1S/C12H15BrO4S/c1-18(16,17)11-10(12(11,6-14)7-15)8-2-4-9(13)5-3-8/h2-5,10-11,14-15H,6-7H2,1H3. The predicted molar refractivity (Wildman–Crippen MR) is 72.1 cm³/mol. The van der Waals surface area contributed by atoms with Gasteiger partial charge in [0, 0.05) is 22.1 Å². The van der Waals surface area contributed by atoms with Gasteiger partial charge in [-0.1, -0.05) is 28.1 Å². The maximum atomic E-state index is 11.7. The summed E-state index contributed by atoms with van der Waals surface area (Å²) >= 11 is 3.32. The Bertz CT molecular complexity index is 534. The molecule has 18 heavy (non-hydrogen) atoms. The normalized spacial score (nSPS) is 26.0. The number of hydrogen-bond donors (Lipinski definition) is 2. The first-order valence-electron chi connectivity index (χ1n) is 5.53. The molecule has 100 valence electrons. The van der Waals surface area contributed by atoms with Crippen molar-refractivity contribution in [3.63, 3.8) is 0 Å². The fraction of sp³-hybridized carbons (Fsp3) is 0.500. The van der Waals surface area contributed by atoms with E-state index in [1.807, 2.05) is 24.3 Å². The Kier molecular flexibility index (Phi) is 3.57. The van der Waals surface area contributed by atoms with E-state index in [2.05, 4.69) is 15.9 Å². The zero-order chi connectivity index (χ0) is 13.6. The molecule has 2 atom stereocenters. The van der Waals surface area contributed by atoms with Crippen molar-refractivity contribution < 1.29 is 18.6 Å². The van der Waals surface area contributed by atoms with Crippen LogP contribution in [0.15, 0.2) is 28.7 Å². The van der Waals surface area contributed by atoms with Gasteiger partial charge >= 0.3 is 0 Å². The average molecular weight is 335 g/mol. The van der Waals surface area contributed by atoms with Gasteiger partial charge in [0.15, 0.2) is 9.84 Å². The molecule has 1 fully saturated rings. The number of halogens is 1. The third-order valence-corrected chi connectivity index (χ3v) is 5.85. The van der Waals surface area contributed by atoms with Gasteiger partial charge < -0.3 is 10.2 Å². The molecule has 0 spiro atoms. The minimum Gasteiger partial charge on any atom is -0.396 e. The molecule has 4 nitrogen and oxygen atoms in total. The maximum absolute atomic E-state index is 11.7. The third-order valence-electron chi connectivity index (χ3n) is 3.66. The monoisotopic (exact) mass is 334 g/mol. The Morgan fingerprint density at radius 1 is 1.22 bits per heavy atom. The van der Waals surface area contributed by atoms with Crippen molar-refractivity contribution >= 4 is 25.8 Å². The van der Waals surface area contributed by atoms with Crippen LogP contribution in [0.4, 0.5) is 0 Å². The van der Waals surface area contributed by atoms with Gasteiger partial charge in [0.25, 0.3) is 0 Å². The number of aliphatic hydroxyl groups excluding tert-OH is 2. The number of benzene rings is 1. The Hall–Kier alpha value is -0.430. The average Bonchev–Trinajstić information content (AvgIpc) is 3.00. The van der Waals surface area contributed by atoms with E-state index in [1.54, 1.807) is 0 Å². The Labute approximate surface area is 115 Å². The Morgan fingerprint density at radius 2 is 1.72 bits per heavy atom. The van der Waals surface area contributed by atoms with Gasteiger partial charge in [-0.3, -0.25) is 0 Å². The SMILES string of the molecule is CS(=O)(=O)C1C(c2ccc(Br)cc2)C1(CO)CO. The van der Waals surface area contributed by atoms with Gasteiger partial charge in [-0.15, -0.1) is 0 Å². The van der Waals surface area contributed by atoms with E-state index >= 15 is 0 Å². The first-order valence-corrected chi connectivity index (χ1v) is 8.27. The molecule has 2 N–H and O–H groups in total. The summed E-state index contributed by atoms with van der Waals surface area (Å²) in [5.41, 5.74) is -0.113. The van der Waals surface area contributed by atoms with Crippen LogP contribution in [-0.4, -0.2) is 43.4 Å². The van der Waals surface area contributed by atoms with Gasteiger partial charge in [0.1, 0.15) is 0 Å². The summed E-state index contributed by atoms with van der Waals surface area (Å²) in [6.45, 7) is -0.663. The molecular formula is C12H15BrO4S. The fourth-order valence-corrected chi connectivity index (χ4v) is 4.99. The minimum atomic E-state index is -3.30. The number of hydrogen-bond acceptors (Lipinski definition) is 4. The molecule has 1 aliphatic rings. The van der Waals surface area contributed by atoms with E-state index in [0.29, 0.717) is 0 Å². The summed E-state index contributed by atoms with van der Waals surface area (Å²) in [6.07, 6.45) is 1.15. The van der Waals surface area contributed by atoms with E-state index in [9.17, 15) is 18.6 Å². The summed E-state index contributed by atoms with van der Waals surface area (Å²) in [6, 6.07) is 7.29. The predicted octanol–water partition coefficient (Wildman–Crippen LogP) is 0.930. The van der Waals surface area contributed by atoms with Crippen molar-refractivity contribution in [2.24, 2.45) is 5.41 Å². The van der Waals surface area contributed by atoms with Crippen molar-refractivity contribution in [1.29, 1.82) is 0 Å². The van der Waals surface area contributed by atoms with E-state index in [4.69, 9.17) is 0 Å². The van der Waals surface area contributed by atoms with Gasteiger partial charge in [-0.05, 0) is 17.7 Å². The highest BCUT2D eigenvalue weighted by molar-refractivity contribution is 9.10. The topological polar surface area (TPSA) is 74.6 Å². The van der Waals surface area contributed by atoms with Crippen LogP contribution in [0.25, 0.3) is 0 Å². The molecule has 6 heteroatoms. The van der Waals surface area contributed by atoms with E-state index in [0.717, 1.165) is 16.3 Å². The van der Waals surface area contributed by atoms with Crippen molar-refractivity contribution in [1.82, 2.24) is 0 Å². The Morgan fingerprint density at radius 3 is 2.06 bits per heavy atom. The maximum Gasteiger partial charge on any atom is 0.151 e. The van der Waals surface area contributed by atoms with Crippen molar-refractivity contribution in [3.05, 3.63) is 34.3 Å². The van der Waals surface area contributed by atoms with Crippen LogP contribution in [-0.2, 0) is 9.84 Å². The van der Waals surface area contributed by atoms with E-state index in [-0.39, 0.29) is 19.1 Å². The highest BCUT2D eigenvalue weighted by Crippen LogP contribution is 2.62. The highest BCUT2D eigenvalue weighted by Gasteiger charge is 2.69. The summed E-state index contributed by atoms with van der Waals surface area (Å²) in [7, 11) is -3.30. The molecule has 0 heterocycles. The van der Waals surface area contributed by atoms with E-state index in [1.165, 1.54) is 0 Å². The number of rotatable bonds is 4. The number of aliphatic hydroxyl groups is 2. The zero-order valence-corrected chi connectivity index (χ0v) is 12.3. The van der Waals surface area contributed by atoms with Gasteiger partial charge in [-0.2, -0.15) is 0 Å². The minimum absolute atomic E-state index is 0.331. The molecule has 1 aromatic rings. The summed E-state index contributed by atoms with van der Waals surface area (Å²) in [4.78, 5) is 0. The number of sulfone groups is 1. The molecule has 2 unspecified atom stereocenters. The first-order chi connectivity index (χ1) is 8.36. The Balaban J connectivity index is 2.41. The van der Waals surface area contributed by atoms with Crippen LogP contribution in [0.3, 0.4) is 0 Å². The van der Waals surface area contributed by atoms with Crippen LogP contribution in [0.5, 0.6) is 0 Å². The molecule has 0 saturated heterocycles. The molecule has 0 bridgehead atoms. The van der Waals surface area contributed by atoms with Crippen LogP contribution in [0.2, 0.25) is 0 Å². The van der Waals surface area contributed by atoms with Gasteiger partial charge in [-0.25, -0.2) is 8.42 Å². The lowest BCUT2D eigenvalue weighted by molar-refractivity contribution is 0.130. The smallest absolute Gasteiger partial charge is 0.151 e. The van der Waals surface area contributed by atoms with Crippen molar-refractivity contribution in [3.8, 4) is 0 Å². The lowest BCUT2D eigenvalue weighted by atomic mass is 10.0. The van der Waals surface area contributed by atoms with Gasteiger partial charge in [0.05, 0.1) is 18.5 Å². The largest absolute Gasteiger partial charge is 0.396 e. The zero-order valence-electron chi connectivity index (χ0n) is 9.88. The van der Waals surface area contributed by atoms with Crippen molar-refractivity contribution in [2.45, 2.75) is 11.2 Å². The lowest BCUT2D eigenvalue weighted by Gasteiger charge is -2.10. The highest BCUT2D eigenvalue weighted by atomic mass is 79.9. The third kappa shape index (κ3) is 2.11. The van der Waals surface area contributed by atoms with Crippen LogP contribution < -0.4 is 0 Å². The summed E-state index contributed by atoms with van der Waals surface area (Å²) in [5.74, 6) is -0.337. The molecule has 0 aromatic heterocycles.